The van der Waals surface area contributed by atoms with E-state index in [1.165, 1.54) is 0 Å². The third kappa shape index (κ3) is 3.96. The molecule has 1 heterocycles. The van der Waals surface area contributed by atoms with Gasteiger partial charge >= 0.3 is 0 Å². The predicted octanol–water partition coefficient (Wildman–Crippen LogP) is 1.91. The molecule has 1 aliphatic heterocycles. The van der Waals surface area contributed by atoms with Crippen LogP contribution >= 0.6 is 0 Å². The lowest BCUT2D eigenvalue weighted by Gasteiger charge is -2.28. The molecule has 2 rings (SSSR count). The molecule has 0 spiro atoms. The zero-order valence-corrected chi connectivity index (χ0v) is 11.7. The van der Waals surface area contributed by atoms with Gasteiger partial charge in [-0.25, -0.2) is 0 Å². The number of nitrogens with one attached hydrogen (secondary N) is 1. The Labute approximate surface area is 114 Å². The fraction of sp³-hybridized carbons (Fsp3) is 0.533. The van der Waals surface area contributed by atoms with E-state index in [4.69, 9.17) is 4.74 Å². The summed E-state index contributed by atoms with van der Waals surface area (Å²) in [5, 5.41) is 2.92. The third-order valence-electron chi connectivity index (χ3n) is 3.18. The summed E-state index contributed by atoms with van der Waals surface area (Å²) in [6, 6.07) is 7.80. The Morgan fingerprint density at radius 3 is 2.47 bits per heavy atom. The number of amides is 1. The Bertz CT molecular complexity index is 409. The van der Waals surface area contributed by atoms with Crippen molar-refractivity contribution in [3.63, 3.8) is 0 Å². The van der Waals surface area contributed by atoms with E-state index in [1.54, 1.807) is 0 Å². The van der Waals surface area contributed by atoms with Crippen molar-refractivity contribution in [1.82, 2.24) is 5.32 Å². The molecule has 0 aliphatic carbocycles. The molecule has 0 saturated carbocycles. The lowest BCUT2D eigenvalue weighted by atomic mass is 10.1. The van der Waals surface area contributed by atoms with Crippen LogP contribution in [-0.2, 0) is 4.74 Å². The number of ether oxygens (including phenoxy) is 1. The highest BCUT2D eigenvalue weighted by Gasteiger charge is 2.12. The van der Waals surface area contributed by atoms with E-state index in [1.807, 2.05) is 24.3 Å². The van der Waals surface area contributed by atoms with Crippen molar-refractivity contribution >= 4 is 11.6 Å². The summed E-state index contributed by atoms with van der Waals surface area (Å²) in [5.74, 6) is 0.471. The van der Waals surface area contributed by atoms with Gasteiger partial charge in [0, 0.05) is 30.9 Å². The highest BCUT2D eigenvalue weighted by molar-refractivity contribution is 5.94. The van der Waals surface area contributed by atoms with Gasteiger partial charge in [-0.1, -0.05) is 13.8 Å². The van der Waals surface area contributed by atoms with E-state index in [2.05, 4.69) is 24.1 Å². The first kappa shape index (κ1) is 13.9. The summed E-state index contributed by atoms with van der Waals surface area (Å²) in [6.07, 6.45) is 0. The highest BCUT2D eigenvalue weighted by Crippen LogP contribution is 2.16. The Kier molecular flexibility index (Phi) is 4.80. The van der Waals surface area contributed by atoms with Crippen LogP contribution < -0.4 is 10.2 Å². The second-order valence-electron chi connectivity index (χ2n) is 5.25. The molecule has 4 heteroatoms. The summed E-state index contributed by atoms with van der Waals surface area (Å²) < 4.78 is 5.33. The Morgan fingerprint density at radius 1 is 1.26 bits per heavy atom. The maximum Gasteiger partial charge on any atom is 0.251 e. The predicted molar refractivity (Wildman–Crippen MR) is 76.6 cm³/mol. The average Bonchev–Trinajstić information content (AvgIpc) is 2.46. The normalized spacial score (nSPS) is 15.6. The van der Waals surface area contributed by atoms with Gasteiger partial charge in [0.15, 0.2) is 0 Å². The molecule has 1 saturated heterocycles. The van der Waals surface area contributed by atoms with Crippen molar-refractivity contribution in [1.29, 1.82) is 0 Å². The fourth-order valence-corrected chi connectivity index (χ4v) is 2.04. The van der Waals surface area contributed by atoms with E-state index in [0.29, 0.717) is 12.5 Å². The van der Waals surface area contributed by atoms with E-state index < -0.39 is 0 Å². The van der Waals surface area contributed by atoms with Crippen molar-refractivity contribution in [3.05, 3.63) is 29.8 Å². The lowest BCUT2D eigenvalue weighted by molar-refractivity contribution is 0.0949. The minimum atomic E-state index is 0.00206. The molecule has 4 nitrogen and oxygen atoms in total. The van der Waals surface area contributed by atoms with Gasteiger partial charge in [-0.15, -0.1) is 0 Å². The standard InChI is InChI=1S/C15H22N2O2/c1-12(2)11-16-15(18)13-3-5-14(6-4-13)17-7-9-19-10-8-17/h3-6,12H,7-11H2,1-2H3,(H,16,18). The number of benzene rings is 1. The van der Waals surface area contributed by atoms with E-state index in [-0.39, 0.29) is 5.91 Å². The largest absolute Gasteiger partial charge is 0.378 e. The van der Waals surface area contributed by atoms with E-state index in [9.17, 15) is 4.79 Å². The van der Waals surface area contributed by atoms with Crippen molar-refractivity contribution in [2.24, 2.45) is 5.92 Å². The molecule has 0 atom stereocenters. The number of anilines is 1. The number of carbonyl (C=O) groups excluding carboxylic acids is 1. The van der Waals surface area contributed by atoms with Gasteiger partial charge in [-0.2, -0.15) is 0 Å². The van der Waals surface area contributed by atoms with Crippen molar-refractivity contribution in [2.45, 2.75) is 13.8 Å². The first-order valence-electron chi connectivity index (χ1n) is 6.88. The van der Waals surface area contributed by atoms with Crippen LogP contribution in [0.15, 0.2) is 24.3 Å². The number of nitrogens with zero attached hydrogens (tertiary/aromatic N) is 1. The molecule has 1 aromatic carbocycles. The zero-order valence-electron chi connectivity index (χ0n) is 11.7. The molecular weight excluding hydrogens is 240 g/mol. The van der Waals surface area contributed by atoms with Gasteiger partial charge in [0.1, 0.15) is 0 Å². The topological polar surface area (TPSA) is 41.6 Å². The molecule has 1 aromatic rings. The van der Waals surface area contributed by atoms with Gasteiger partial charge in [-0.3, -0.25) is 4.79 Å². The molecule has 1 N–H and O–H groups in total. The minimum absolute atomic E-state index is 0.00206. The summed E-state index contributed by atoms with van der Waals surface area (Å²) in [4.78, 5) is 14.2. The zero-order chi connectivity index (χ0) is 13.7. The van der Waals surface area contributed by atoms with Gasteiger partial charge in [-0.05, 0) is 30.2 Å². The summed E-state index contributed by atoms with van der Waals surface area (Å²) in [5.41, 5.74) is 1.88. The van der Waals surface area contributed by atoms with E-state index >= 15 is 0 Å². The second-order valence-corrected chi connectivity index (χ2v) is 5.25. The van der Waals surface area contributed by atoms with Crippen molar-refractivity contribution < 1.29 is 9.53 Å². The van der Waals surface area contributed by atoms with Crippen LogP contribution in [0.1, 0.15) is 24.2 Å². The molecule has 1 amide bonds. The van der Waals surface area contributed by atoms with Gasteiger partial charge in [0.05, 0.1) is 13.2 Å². The molecule has 1 aliphatic rings. The summed E-state index contributed by atoms with van der Waals surface area (Å²) in [7, 11) is 0. The van der Waals surface area contributed by atoms with Crippen LogP contribution in [0.5, 0.6) is 0 Å². The third-order valence-corrected chi connectivity index (χ3v) is 3.18. The van der Waals surface area contributed by atoms with Crippen molar-refractivity contribution in [3.8, 4) is 0 Å². The van der Waals surface area contributed by atoms with Crippen LogP contribution in [-0.4, -0.2) is 38.8 Å². The maximum absolute atomic E-state index is 11.9. The quantitative estimate of drug-likeness (QED) is 0.901. The Balaban J connectivity index is 1.95. The molecule has 1 fully saturated rings. The Morgan fingerprint density at radius 2 is 1.89 bits per heavy atom. The molecule has 104 valence electrons. The molecule has 0 radical (unpaired) electrons. The van der Waals surface area contributed by atoms with E-state index in [0.717, 1.165) is 37.6 Å². The maximum atomic E-state index is 11.9. The first-order valence-corrected chi connectivity index (χ1v) is 6.88. The number of hydrogen-bond donors (Lipinski definition) is 1. The monoisotopic (exact) mass is 262 g/mol. The number of hydrogen-bond acceptors (Lipinski definition) is 3. The SMILES string of the molecule is CC(C)CNC(=O)c1ccc(N2CCOCC2)cc1. The summed E-state index contributed by atoms with van der Waals surface area (Å²) >= 11 is 0. The number of rotatable bonds is 4. The van der Waals surface area contributed by atoms with Crippen LogP contribution in [0.2, 0.25) is 0 Å². The van der Waals surface area contributed by atoms with Crippen LogP contribution in [0, 0.1) is 5.92 Å². The van der Waals surface area contributed by atoms with Crippen LogP contribution in [0.3, 0.4) is 0 Å². The fourth-order valence-electron chi connectivity index (χ4n) is 2.04. The highest BCUT2D eigenvalue weighted by atomic mass is 16.5. The summed E-state index contributed by atoms with van der Waals surface area (Å²) in [6.45, 7) is 8.26. The van der Waals surface area contributed by atoms with Crippen LogP contribution in [0.25, 0.3) is 0 Å². The van der Waals surface area contributed by atoms with Gasteiger partial charge in [0.25, 0.3) is 5.91 Å². The average molecular weight is 262 g/mol. The number of carbonyl (C=O) groups is 1. The Hall–Kier alpha value is -1.55. The molecule has 0 bridgehead atoms. The smallest absolute Gasteiger partial charge is 0.251 e. The van der Waals surface area contributed by atoms with Gasteiger partial charge < -0.3 is 15.0 Å². The van der Waals surface area contributed by atoms with Crippen molar-refractivity contribution in [2.75, 3.05) is 37.7 Å². The van der Waals surface area contributed by atoms with Crippen LogP contribution in [0.4, 0.5) is 5.69 Å². The first-order chi connectivity index (χ1) is 9.16. The van der Waals surface area contributed by atoms with Gasteiger partial charge in [0.2, 0.25) is 0 Å². The minimum Gasteiger partial charge on any atom is -0.378 e. The molecule has 0 aromatic heterocycles. The molecule has 19 heavy (non-hydrogen) atoms. The number of morpholine rings is 1. The lowest BCUT2D eigenvalue weighted by Crippen LogP contribution is -2.36. The molecular formula is C15H22N2O2. The second kappa shape index (κ2) is 6.57. The molecule has 0 unspecified atom stereocenters.